The molecule has 0 bridgehead atoms. The van der Waals surface area contributed by atoms with E-state index in [2.05, 4.69) is 48.9 Å². The maximum Gasteiger partial charge on any atom is 0.322 e. The Bertz CT molecular complexity index is 2020. The Balaban J connectivity index is 0.907. The van der Waals surface area contributed by atoms with Crippen LogP contribution in [-0.2, 0) is 6.54 Å². The Morgan fingerprint density at radius 1 is 0.807 bits per heavy atom. The van der Waals surface area contributed by atoms with Gasteiger partial charge in [-0.1, -0.05) is 36.4 Å². The van der Waals surface area contributed by atoms with Crippen molar-refractivity contribution in [2.24, 2.45) is 0 Å². The average molecular weight is 774 g/mol. The van der Waals surface area contributed by atoms with Crippen LogP contribution in [0, 0.1) is 11.3 Å². The third-order valence-electron chi connectivity index (χ3n) is 12.0. The molecule has 7 N–H and O–H groups in total. The number of hydrogen-bond acceptors (Lipinski definition) is 12. The number of hydrogen-bond donors (Lipinski definition) is 7. The number of aliphatic hydroxyl groups excluding tert-OH is 4. The van der Waals surface area contributed by atoms with Crippen LogP contribution in [0.15, 0.2) is 91.1 Å². The lowest BCUT2D eigenvalue weighted by molar-refractivity contribution is -0.159. The molecule has 298 valence electrons. The van der Waals surface area contributed by atoms with Crippen molar-refractivity contribution in [3.63, 3.8) is 0 Å². The van der Waals surface area contributed by atoms with Gasteiger partial charge in [0.1, 0.15) is 36.8 Å². The summed E-state index contributed by atoms with van der Waals surface area (Å²) in [5.74, 6) is 0.751. The van der Waals surface area contributed by atoms with Crippen LogP contribution in [0.2, 0.25) is 0 Å². The Hall–Kier alpha value is -5.27. The number of fused-ring (bicyclic) bond motifs is 1. The second kappa shape index (κ2) is 17.1. The quantitative estimate of drug-likeness (QED) is 0.130. The summed E-state index contributed by atoms with van der Waals surface area (Å²) in [5, 5.41) is 61.3. The first-order valence-electron chi connectivity index (χ1n) is 20.0. The molecule has 1 aromatic heterocycles. The second-order valence-electron chi connectivity index (χ2n) is 15.5. The van der Waals surface area contributed by atoms with Gasteiger partial charge in [-0.2, -0.15) is 5.26 Å². The smallest absolute Gasteiger partial charge is 0.322 e. The Morgan fingerprint density at radius 2 is 1.49 bits per heavy atom. The maximum atomic E-state index is 13.9. The van der Waals surface area contributed by atoms with Crippen LogP contribution >= 0.6 is 0 Å². The summed E-state index contributed by atoms with van der Waals surface area (Å²) in [5.41, 5.74) is 5.72. The fraction of sp³-hybridized carbons (Fsp3) is 0.419. The number of rotatable bonds is 9. The highest BCUT2D eigenvalue weighted by molar-refractivity contribution is 5.93. The largest absolute Gasteiger partial charge is 0.379 e. The second-order valence-corrected chi connectivity index (χ2v) is 15.5. The van der Waals surface area contributed by atoms with Gasteiger partial charge in [-0.05, 0) is 92.6 Å². The molecule has 4 heterocycles. The van der Waals surface area contributed by atoms with Gasteiger partial charge in [0.2, 0.25) is 0 Å². The molecule has 1 aliphatic carbocycles. The van der Waals surface area contributed by atoms with Crippen LogP contribution in [0.4, 0.5) is 27.7 Å². The summed E-state index contributed by atoms with van der Waals surface area (Å²) in [6.45, 7) is 3.52. The first-order chi connectivity index (χ1) is 27.7. The monoisotopic (exact) mass is 773 g/mol. The van der Waals surface area contributed by atoms with Crippen molar-refractivity contribution < 1.29 is 25.2 Å². The van der Waals surface area contributed by atoms with Gasteiger partial charge in [-0.3, -0.25) is 10.2 Å². The van der Waals surface area contributed by atoms with E-state index < -0.39 is 31.0 Å². The number of amides is 2. The minimum absolute atomic E-state index is 0.0264. The predicted molar refractivity (Wildman–Crippen MR) is 217 cm³/mol. The Kier molecular flexibility index (Phi) is 11.6. The van der Waals surface area contributed by atoms with Crippen molar-refractivity contribution in [1.29, 1.82) is 5.26 Å². The molecule has 4 aromatic rings. The highest BCUT2D eigenvalue weighted by Crippen LogP contribution is 2.44. The average Bonchev–Trinajstić information content (AvgIpc) is 3.49. The molecular weight excluding hydrogens is 723 g/mol. The molecule has 0 unspecified atom stereocenters. The highest BCUT2D eigenvalue weighted by Gasteiger charge is 2.45. The molecule has 57 heavy (non-hydrogen) atoms. The van der Waals surface area contributed by atoms with Crippen molar-refractivity contribution in [2.75, 3.05) is 46.2 Å². The molecule has 5 atom stereocenters. The maximum absolute atomic E-state index is 13.9. The van der Waals surface area contributed by atoms with Gasteiger partial charge in [0.15, 0.2) is 0 Å². The Labute approximate surface area is 333 Å². The van der Waals surface area contributed by atoms with Crippen LogP contribution in [0.1, 0.15) is 73.2 Å². The number of aliphatic hydroxyl groups is 4. The van der Waals surface area contributed by atoms with Gasteiger partial charge in [0.25, 0.3) is 0 Å². The predicted octanol–water partition coefficient (Wildman–Crippen LogP) is 4.11. The topological polar surface area (TPSA) is 184 Å². The van der Waals surface area contributed by atoms with E-state index in [-0.39, 0.29) is 18.1 Å². The fourth-order valence-electron chi connectivity index (χ4n) is 8.86. The number of aromatic nitrogens is 1. The fourth-order valence-corrected chi connectivity index (χ4v) is 8.86. The number of benzene rings is 3. The zero-order chi connectivity index (χ0) is 39.5. The number of nitrogens with one attached hydrogen (secondary N) is 3. The minimum Gasteiger partial charge on any atom is -0.379 e. The normalized spacial score (nSPS) is 26.3. The summed E-state index contributed by atoms with van der Waals surface area (Å²) >= 11 is 0. The number of carbonyl (C=O) groups is 1. The summed E-state index contributed by atoms with van der Waals surface area (Å²) < 4.78 is 0. The molecule has 14 nitrogen and oxygen atoms in total. The number of nitrogens with zero attached hydrogens (tertiary/aromatic N) is 6. The number of anilines is 4. The molecule has 0 spiro atoms. The van der Waals surface area contributed by atoms with Gasteiger partial charge >= 0.3 is 6.03 Å². The number of urea groups is 1. The van der Waals surface area contributed by atoms with Gasteiger partial charge in [0, 0.05) is 79.2 Å². The molecule has 3 fully saturated rings. The van der Waals surface area contributed by atoms with Crippen molar-refractivity contribution >= 4 is 28.9 Å². The summed E-state index contributed by atoms with van der Waals surface area (Å²) in [7, 11) is 0. The molecule has 8 rings (SSSR count). The lowest BCUT2D eigenvalue weighted by Crippen LogP contribution is -2.57. The first-order valence-corrected chi connectivity index (χ1v) is 20.0. The van der Waals surface area contributed by atoms with Crippen molar-refractivity contribution in [2.45, 2.75) is 88.1 Å². The van der Waals surface area contributed by atoms with Crippen LogP contribution in [0.5, 0.6) is 0 Å². The Morgan fingerprint density at radius 3 is 2.16 bits per heavy atom. The van der Waals surface area contributed by atoms with E-state index in [0.717, 1.165) is 80.3 Å². The minimum atomic E-state index is -1.08. The van der Waals surface area contributed by atoms with Crippen molar-refractivity contribution in [1.82, 2.24) is 20.5 Å². The summed E-state index contributed by atoms with van der Waals surface area (Å²) in [4.78, 5) is 26.4. The van der Waals surface area contributed by atoms with E-state index in [1.54, 1.807) is 12.3 Å². The first kappa shape index (κ1) is 38.6. The van der Waals surface area contributed by atoms with Crippen molar-refractivity contribution in [3.8, 4) is 6.07 Å². The number of nitriles is 1. The molecule has 2 amide bonds. The molecular formula is C43H51N9O5. The third-order valence-corrected chi connectivity index (χ3v) is 12.0. The van der Waals surface area contributed by atoms with E-state index in [9.17, 15) is 25.2 Å². The zero-order valence-electron chi connectivity index (χ0n) is 31.9. The SMILES string of the molecule is N#Cc1ccc(NC2CCC(N(C(=O)NCc3ccccc3)c3ccc(N4CCN(c5ccc6c(c5)[C@@H](O)N([C@@H]5CC[C@@H](O)N[C@@H]5O)[C@@H]6O)CC4)cc3)CC2)nc1. The van der Waals surface area contributed by atoms with Crippen LogP contribution in [-0.4, -0.2) is 93.1 Å². The summed E-state index contributed by atoms with van der Waals surface area (Å²) in [6, 6.07) is 29.3. The lowest BCUT2D eigenvalue weighted by Gasteiger charge is -2.40. The van der Waals surface area contributed by atoms with Gasteiger partial charge in [-0.25, -0.2) is 14.7 Å². The highest BCUT2D eigenvalue weighted by atomic mass is 16.3. The number of piperazine rings is 1. The molecule has 3 aliphatic heterocycles. The van der Waals surface area contributed by atoms with Gasteiger partial charge in [0.05, 0.1) is 11.6 Å². The molecule has 0 radical (unpaired) electrons. The van der Waals surface area contributed by atoms with Crippen molar-refractivity contribution in [3.05, 3.63) is 113 Å². The standard InChI is InChI=1S/C43H51N9O5/c44-25-29-6-18-38(45-27-29)47-30-7-9-32(10-8-30)51(43(57)46-26-28-4-2-1-3-5-28)33-13-11-31(12-14-33)49-20-22-50(23-21-49)34-15-16-35-36(24-34)42(56)52(41(35)55)37-17-19-39(53)48-40(37)54/h1-6,11-16,18,24,27,30,32,37,39-42,48,53-56H,7-10,17,19-23,26H2,(H,45,47)(H,46,57)/t30?,32?,37-,39-,40-,41-,42-/m1/s1. The molecule has 14 heteroatoms. The van der Waals surface area contributed by atoms with Gasteiger partial charge in [-0.15, -0.1) is 0 Å². The molecule has 4 aliphatic rings. The van der Waals surface area contributed by atoms with Crippen LogP contribution < -0.4 is 30.7 Å². The molecule has 3 aromatic carbocycles. The number of pyridine rings is 1. The van der Waals surface area contributed by atoms with E-state index in [4.69, 9.17) is 5.26 Å². The summed E-state index contributed by atoms with van der Waals surface area (Å²) in [6.07, 6.45) is 1.82. The van der Waals surface area contributed by atoms with Gasteiger partial charge < -0.3 is 40.9 Å². The van der Waals surface area contributed by atoms with Crippen LogP contribution in [0.3, 0.4) is 0 Å². The van der Waals surface area contributed by atoms with E-state index in [1.165, 1.54) is 4.90 Å². The number of piperidine rings is 1. The van der Waals surface area contributed by atoms with E-state index in [0.29, 0.717) is 36.1 Å². The zero-order valence-corrected chi connectivity index (χ0v) is 31.9. The van der Waals surface area contributed by atoms with E-state index >= 15 is 0 Å². The van der Waals surface area contributed by atoms with Crippen LogP contribution in [0.25, 0.3) is 0 Å². The van der Waals surface area contributed by atoms with E-state index in [1.807, 2.05) is 71.6 Å². The lowest BCUT2D eigenvalue weighted by atomic mass is 9.90. The molecule has 2 saturated heterocycles. The molecule has 1 saturated carbocycles. The third kappa shape index (κ3) is 8.40. The number of carbonyl (C=O) groups excluding carboxylic acids is 1.